The quantitative estimate of drug-likeness (QED) is 0.159. The smallest absolute Gasteiger partial charge is 0.227 e. The summed E-state index contributed by atoms with van der Waals surface area (Å²) in [5.41, 5.74) is 15.5. The van der Waals surface area contributed by atoms with E-state index in [0.29, 0.717) is 23.4 Å². The normalized spacial score (nSPS) is 12.7. The van der Waals surface area contributed by atoms with Gasteiger partial charge in [0.25, 0.3) is 0 Å². The third-order valence-corrected chi connectivity index (χ3v) is 12.9. The van der Waals surface area contributed by atoms with Crippen molar-refractivity contribution < 1.29 is 8.83 Å². The first-order valence-electron chi connectivity index (χ1n) is 21.8. The molecule has 0 radical (unpaired) electrons. The van der Waals surface area contributed by atoms with Crippen LogP contribution in [0.25, 0.3) is 101 Å². The van der Waals surface area contributed by atoms with Gasteiger partial charge < -0.3 is 8.83 Å². The summed E-state index contributed by atoms with van der Waals surface area (Å²) in [5.74, 6) is 2.36. The maximum atomic E-state index is 6.51. The van der Waals surface area contributed by atoms with Gasteiger partial charge in [0.1, 0.15) is 16.7 Å². The van der Waals surface area contributed by atoms with Crippen LogP contribution < -0.4 is 0 Å². The molecule has 1 aliphatic rings. The van der Waals surface area contributed by atoms with Crippen molar-refractivity contribution in [2.45, 2.75) is 5.41 Å². The van der Waals surface area contributed by atoms with Crippen LogP contribution in [0.2, 0.25) is 0 Å². The zero-order valence-electron chi connectivity index (χ0n) is 34.9. The van der Waals surface area contributed by atoms with Gasteiger partial charge in [0, 0.05) is 33.0 Å². The number of benzene rings is 9. The molecule has 304 valence electrons. The molecule has 0 saturated heterocycles. The zero-order chi connectivity index (χ0) is 42.9. The summed E-state index contributed by atoms with van der Waals surface area (Å²) in [6.45, 7) is 0. The molecule has 0 N–H and O–H groups in total. The first-order chi connectivity index (χ1) is 32.2. The fourth-order valence-corrected chi connectivity index (χ4v) is 9.83. The summed E-state index contributed by atoms with van der Waals surface area (Å²) < 4.78 is 12.7. The summed E-state index contributed by atoms with van der Waals surface area (Å²) in [5, 5.41) is 2.06. The standard InChI is InChI=1S/C59H36N4O2/c1-3-13-37(14-4-1)38-23-25-39(26-24-38)55-61-56(63-57(62-55)42-29-34-53-48(35-42)47-19-9-12-22-52(47)64-53)40-27-30-43(31-28-40)59(49-20-10-7-17-45(49)46-18-8-11-21-50(46)59)44-32-33-51-54(36-44)65-58(60-51)41-15-5-2-6-16-41/h1-36H. The van der Waals surface area contributed by atoms with E-state index in [1.807, 2.05) is 66.7 Å². The van der Waals surface area contributed by atoms with Gasteiger partial charge in [-0.15, -0.1) is 0 Å². The van der Waals surface area contributed by atoms with Crippen LogP contribution in [0, 0.1) is 0 Å². The highest BCUT2D eigenvalue weighted by Gasteiger charge is 2.46. The molecule has 13 rings (SSSR count). The molecule has 0 bridgehead atoms. The molecular weight excluding hydrogens is 797 g/mol. The van der Waals surface area contributed by atoms with E-state index in [0.717, 1.165) is 77.5 Å². The second-order valence-electron chi connectivity index (χ2n) is 16.5. The second-order valence-corrected chi connectivity index (χ2v) is 16.5. The third kappa shape index (κ3) is 5.95. The first-order valence-corrected chi connectivity index (χ1v) is 21.8. The van der Waals surface area contributed by atoms with Crippen LogP contribution in [0.4, 0.5) is 0 Å². The molecule has 0 atom stereocenters. The van der Waals surface area contributed by atoms with E-state index in [4.69, 9.17) is 28.8 Å². The Morgan fingerprint density at radius 3 is 1.51 bits per heavy atom. The van der Waals surface area contributed by atoms with Crippen molar-refractivity contribution in [2.75, 3.05) is 0 Å². The average Bonchev–Trinajstić information content (AvgIpc) is 4.07. The Morgan fingerprint density at radius 1 is 0.308 bits per heavy atom. The number of aromatic nitrogens is 4. The lowest BCUT2D eigenvalue weighted by Crippen LogP contribution is -2.28. The van der Waals surface area contributed by atoms with E-state index in [1.54, 1.807) is 0 Å². The molecule has 0 spiro atoms. The van der Waals surface area contributed by atoms with Gasteiger partial charge in [-0.25, -0.2) is 19.9 Å². The summed E-state index contributed by atoms with van der Waals surface area (Å²) in [6.07, 6.45) is 0. The van der Waals surface area contributed by atoms with E-state index in [1.165, 1.54) is 22.3 Å². The maximum absolute atomic E-state index is 6.51. The summed E-state index contributed by atoms with van der Waals surface area (Å²) in [7, 11) is 0. The molecule has 9 aromatic carbocycles. The number of oxazole rings is 1. The van der Waals surface area contributed by atoms with Gasteiger partial charge in [0.15, 0.2) is 23.1 Å². The minimum Gasteiger partial charge on any atom is -0.456 e. The fourth-order valence-electron chi connectivity index (χ4n) is 9.83. The summed E-state index contributed by atoms with van der Waals surface area (Å²) >= 11 is 0. The van der Waals surface area contributed by atoms with Gasteiger partial charge in [-0.05, 0) is 93.0 Å². The average molecular weight is 833 g/mol. The molecule has 0 unspecified atom stereocenters. The first kappa shape index (κ1) is 36.9. The Kier molecular flexibility index (Phi) is 8.33. The van der Waals surface area contributed by atoms with Gasteiger partial charge in [-0.3, -0.25) is 0 Å². The highest BCUT2D eigenvalue weighted by molar-refractivity contribution is 6.06. The minimum atomic E-state index is -0.654. The minimum absolute atomic E-state index is 0.582. The van der Waals surface area contributed by atoms with E-state index in [9.17, 15) is 0 Å². The van der Waals surface area contributed by atoms with Gasteiger partial charge in [-0.1, -0.05) is 170 Å². The van der Waals surface area contributed by atoms with Crippen LogP contribution in [-0.2, 0) is 5.41 Å². The van der Waals surface area contributed by atoms with Gasteiger partial charge in [0.2, 0.25) is 5.89 Å². The molecule has 0 saturated carbocycles. The van der Waals surface area contributed by atoms with Crippen LogP contribution in [0.5, 0.6) is 0 Å². The molecule has 0 fully saturated rings. The predicted molar refractivity (Wildman–Crippen MR) is 259 cm³/mol. The van der Waals surface area contributed by atoms with Crippen LogP contribution in [0.3, 0.4) is 0 Å². The molecule has 6 heteroatoms. The van der Waals surface area contributed by atoms with Gasteiger partial charge in [0.05, 0.1) is 5.41 Å². The van der Waals surface area contributed by atoms with Crippen molar-refractivity contribution in [3.05, 3.63) is 241 Å². The SMILES string of the molecule is c1ccc(-c2ccc(-c3nc(-c4ccc(C5(c6ccc7nc(-c8ccccc8)oc7c6)c6ccccc6-c6ccccc65)cc4)nc(-c4ccc5oc6ccccc6c5c4)n3)cc2)cc1. The number of furan rings is 1. The number of nitrogens with zero attached hydrogens (tertiary/aromatic N) is 4. The van der Waals surface area contributed by atoms with E-state index in [-0.39, 0.29) is 0 Å². The molecule has 12 aromatic rings. The largest absolute Gasteiger partial charge is 0.456 e. The van der Waals surface area contributed by atoms with Crippen LogP contribution in [-0.4, -0.2) is 19.9 Å². The number of fused-ring (bicyclic) bond motifs is 7. The lowest BCUT2D eigenvalue weighted by Gasteiger charge is -2.33. The van der Waals surface area contributed by atoms with Crippen LogP contribution >= 0.6 is 0 Å². The van der Waals surface area contributed by atoms with Crippen molar-refractivity contribution in [3.8, 4) is 67.9 Å². The maximum Gasteiger partial charge on any atom is 0.227 e. The molecule has 0 amide bonds. The lowest BCUT2D eigenvalue weighted by atomic mass is 9.67. The molecule has 65 heavy (non-hydrogen) atoms. The number of hydrogen-bond acceptors (Lipinski definition) is 6. The van der Waals surface area contributed by atoms with Crippen molar-refractivity contribution >= 4 is 33.0 Å². The van der Waals surface area contributed by atoms with Gasteiger partial charge >= 0.3 is 0 Å². The van der Waals surface area contributed by atoms with Crippen molar-refractivity contribution in [3.63, 3.8) is 0 Å². The number of para-hydroxylation sites is 1. The summed E-state index contributed by atoms with van der Waals surface area (Å²) in [6, 6.07) is 75.9. The van der Waals surface area contributed by atoms with Gasteiger partial charge in [-0.2, -0.15) is 0 Å². The molecular formula is C59H36N4O2. The van der Waals surface area contributed by atoms with Crippen LogP contribution in [0.15, 0.2) is 227 Å². The van der Waals surface area contributed by atoms with Crippen molar-refractivity contribution in [2.24, 2.45) is 0 Å². The topological polar surface area (TPSA) is 77.8 Å². The summed E-state index contributed by atoms with van der Waals surface area (Å²) in [4.78, 5) is 20.4. The highest BCUT2D eigenvalue weighted by atomic mass is 16.3. The molecule has 6 nitrogen and oxygen atoms in total. The monoisotopic (exact) mass is 832 g/mol. The Balaban J connectivity index is 0.969. The highest BCUT2D eigenvalue weighted by Crippen LogP contribution is 2.56. The Morgan fingerprint density at radius 2 is 0.815 bits per heavy atom. The van der Waals surface area contributed by atoms with Crippen LogP contribution in [0.1, 0.15) is 22.3 Å². The Hall–Kier alpha value is -8.74. The second kappa shape index (κ2) is 14.7. The van der Waals surface area contributed by atoms with Crippen molar-refractivity contribution in [1.82, 2.24) is 19.9 Å². The van der Waals surface area contributed by atoms with E-state index < -0.39 is 5.41 Å². The zero-order valence-corrected chi connectivity index (χ0v) is 34.9. The number of hydrogen-bond donors (Lipinski definition) is 0. The Bertz CT molecular complexity index is 3720. The molecule has 3 aromatic heterocycles. The molecule has 0 aliphatic heterocycles. The number of rotatable bonds is 7. The Labute approximate surface area is 374 Å². The fraction of sp³-hybridized carbons (Fsp3) is 0.0169. The predicted octanol–water partition coefficient (Wildman–Crippen LogP) is 14.6. The third-order valence-electron chi connectivity index (χ3n) is 12.9. The van der Waals surface area contributed by atoms with E-state index in [2.05, 4.69) is 152 Å². The lowest BCUT2D eigenvalue weighted by molar-refractivity contribution is 0.618. The molecule has 3 heterocycles. The molecule has 1 aliphatic carbocycles. The van der Waals surface area contributed by atoms with Crippen molar-refractivity contribution in [1.29, 1.82) is 0 Å². The van der Waals surface area contributed by atoms with E-state index >= 15 is 0 Å².